The van der Waals surface area contributed by atoms with Gasteiger partial charge in [0.1, 0.15) is 0 Å². The number of amides is 2. The van der Waals surface area contributed by atoms with Gasteiger partial charge in [0.15, 0.2) is 0 Å². The Labute approximate surface area is 146 Å². The molecule has 2 N–H and O–H groups in total. The highest BCUT2D eigenvalue weighted by atomic mass is 16.2. The van der Waals surface area contributed by atoms with Crippen molar-refractivity contribution in [3.05, 3.63) is 54.1 Å². The summed E-state index contributed by atoms with van der Waals surface area (Å²) in [5, 5.41) is 14.7. The van der Waals surface area contributed by atoms with Crippen molar-refractivity contribution in [3.8, 4) is 6.07 Å². The van der Waals surface area contributed by atoms with E-state index >= 15 is 0 Å². The second kappa shape index (κ2) is 7.49. The minimum absolute atomic E-state index is 0.0653. The van der Waals surface area contributed by atoms with Gasteiger partial charge >= 0.3 is 0 Å². The minimum Gasteiger partial charge on any atom is -0.374 e. The molecule has 0 aliphatic carbocycles. The number of hydrogen-bond donors (Lipinski definition) is 2. The first kappa shape index (κ1) is 16.5. The Kier molecular flexibility index (Phi) is 4.95. The average Bonchev–Trinajstić information content (AvgIpc) is 3.06. The molecule has 0 aromatic heterocycles. The molecule has 126 valence electrons. The maximum Gasteiger partial charge on any atom is 0.243 e. The highest BCUT2D eigenvalue weighted by Crippen LogP contribution is 2.29. The molecule has 1 fully saturated rings. The van der Waals surface area contributed by atoms with Gasteiger partial charge in [0, 0.05) is 18.7 Å². The Hall–Kier alpha value is -3.33. The van der Waals surface area contributed by atoms with Gasteiger partial charge in [-0.05, 0) is 36.8 Å². The van der Waals surface area contributed by atoms with Crippen LogP contribution in [0.2, 0.25) is 0 Å². The smallest absolute Gasteiger partial charge is 0.243 e. The maximum absolute atomic E-state index is 12.1. The predicted molar refractivity (Wildman–Crippen MR) is 96.3 cm³/mol. The molecule has 2 amide bonds. The first-order chi connectivity index (χ1) is 12.2. The molecule has 25 heavy (non-hydrogen) atoms. The molecule has 2 aromatic carbocycles. The number of anilines is 3. The van der Waals surface area contributed by atoms with Crippen molar-refractivity contribution < 1.29 is 9.59 Å². The lowest BCUT2D eigenvalue weighted by Crippen LogP contribution is -2.26. The Bertz CT molecular complexity index is 841. The fourth-order valence-electron chi connectivity index (χ4n) is 2.81. The summed E-state index contributed by atoms with van der Waals surface area (Å²) in [5.74, 6) is -0.121. The summed E-state index contributed by atoms with van der Waals surface area (Å²) in [6, 6.07) is 16.2. The lowest BCUT2D eigenvalue weighted by atomic mass is 10.2. The SMILES string of the molecule is N#Cc1cccc(NC(=O)CNc2ccccc2N2CCCC2=O)c1. The third-order valence-corrected chi connectivity index (χ3v) is 3.98. The number of nitriles is 1. The van der Waals surface area contributed by atoms with E-state index in [2.05, 4.69) is 10.6 Å². The van der Waals surface area contributed by atoms with Crippen LogP contribution in [-0.2, 0) is 9.59 Å². The third-order valence-electron chi connectivity index (χ3n) is 3.98. The molecule has 1 saturated heterocycles. The third kappa shape index (κ3) is 3.96. The monoisotopic (exact) mass is 334 g/mol. The van der Waals surface area contributed by atoms with Crippen molar-refractivity contribution in [3.63, 3.8) is 0 Å². The highest BCUT2D eigenvalue weighted by molar-refractivity contribution is 5.99. The van der Waals surface area contributed by atoms with E-state index in [1.54, 1.807) is 29.2 Å². The van der Waals surface area contributed by atoms with Crippen LogP contribution >= 0.6 is 0 Å². The number of carbonyl (C=O) groups is 2. The number of para-hydroxylation sites is 2. The first-order valence-corrected chi connectivity index (χ1v) is 8.10. The van der Waals surface area contributed by atoms with Crippen LogP contribution in [0.25, 0.3) is 0 Å². The Balaban J connectivity index is 1.64. The van der Waals surface area contributed by atoms with Crippen molar-refractivity contribution in [2.24, 2.45) is 0 Å². The Morgan fingerprint density at radius 1 is 1.20 bits per heavy atom. The van der Waals surface area contributed by atoms with Gasteiger partial charge in [-0.25, -0.2) is 0 Å². The second-order valence-corrected chi connectivity index (χ2v) is 5.76. The van der Waals surface area contributed by atoms with Crippen LogP contribution in [0.15, 0.2) is 48.5 Å². The van der Waals surface area contributed by atoms with Gasteiger partial charge in [-0.2, -0.15) is 5.26 Å². The molecule has 1 heterocycles. The van der Waals surface area contributed by atoms with Crippen molar-refractivity contribution in [1.82, 2.24) is 0 Å². The van der Waals surface area contributed by atoms with E-state index in [9.17, 15) is 9.59 Å². The molecule has 0 spiro atoms. The van der Waals surface area contributed by atoms with Crippen molar-refractivity contribution >= 4 is 28.9 Å². The number of rotatable bonds is 5. The molecule has 0 saturated carbocycles. The van der Waals surface area contributed by atoms with E-state index in [1.165, 1.54) is 0 Å². The van der Waals surface area contributed by atoms with Crippen LogP contribution in [0, 0.1) is 11.3 Å². The summed E-state index contributed by atoms with van der Waals surface area (Å²) in [5.41, 5.74) is 2.61. The molecule has 0 unspecified atom stereocenters. The van der Waals surface area contributed by atoms with Crippen LogP contribution < -0.4 is 15.5 Å². The molecule has 0 radical (unpaired) electrons. The molecular weight excluding hydrogens is 316 g/mol. The van der Waals surface area contributed by atoms with Crippen LogP contribution in [-0.4, -0.2) is 24.9 Å². The van der Waals surface area contributed by atoms with E-state index in [0.29, 0.717) is 24.2 Å². The van der Waals surface area contributed by atoms with Gasteiger partial charge < -0.3 is 15.5 Å². The zero-order valence-corrected chi connectivity index (χ0v) is 13.7. The van der Waals surface area contributed by atoms with Crippen LogP contribution in [0.1, 0.15) is 18.4 Å². The molecule has 2 aromatic rings. The van der Waals surface area contributed by atoms with E-state index in [0.717, 1.165) is 17.8 Å². The van der Waals surface area contributed by atoms with E-state index in [-0.39, 0.29) is 18.4 Å². The zero-order valence-electron chi connectivity index (χ0n) is 13.7. The quantitative estimate of drug-likeness (QED) is 0.880. The zero-order chi connectivity index (χ0) is 17.6. The van der Waals surface area contributed by atoms with Gasteiger partial charge in [0.05, 0.1) is 29.6 Å². The molecule has 0 bridgehead atoms. The lowest BCUT2D eigenvalue weighted by Gasteiger charge is -2.20. The predicted octanol–water partition coefficient (Wildman–Crippen LogP) is 2.74. The molecule has 1 aliphatic rings. The highest BCUT2D eigenvalue weighted by Gasteiger charge is 2.23. The topological polar surface area (TPSA) is 85.2 Å². The fraction of sp³-hybridized carbons (Fsp3) is 0.211. The number of benzene rings is 2. The molecular formula is C19H18N4O2. The number of carbonyl (C=O) groups excluding carboxylic acids is 2. The minimum atomic E-state index is -0.224. The fourth-order valence-corrected chi connectivity index (χ4v) is 2.81. The summed E-state index contributed by atoms with van der Waals surface area (Å²) in [4.78, 5) is 25.9. The standard InChI is InChI=1S/C19H18N4O2/c20-12-14-5-3-6-15(11-14)22-18(24)13-21-16-7-1-2-8-17(16)23-10-4-9-19(23)25/h1-3,5-8,11,21H,4,9-10,13H2,(H,22,24). The summed E-state index contributed by atoms with van der Waals surface area (Å²) >= 11 is 0. The molecule has 3 rings (SSSR count). The number of nitrogens with zero attached hydrogens (tertiary/aromatic N) is 2. The number of hydrogen-bond acceptors (Lipinski definition) is 4. The maximum atomic E-state index is 12.1. The molecule has 6 nitrogen and oxygen atoms in total. The Morgan fingerprint density at radius 2 is 2.04 bits per heavy atom. The van der Waals surface area contributed by atoms with Gasteiger partial charge in [0.25, 0.3) is 0 Å². The lowest BCUT2D eigenvalue weighted by molar-refractivity contribution is -0.117. The van der Waals surface area contributed by atoms with Gasteiger partial charge in [0.2, 0.25) is 11.8 Å². The Morgan fingerprint density at radius 3 is 2.80 bits per heavy atom. The van der Waals surface area contributed by atoms with Crippen molar-refractivity contribution in [1.29, 1.82) is 5.26 Å². The van der Waals surface area contributed by atoms with E-state index in [4.69, 9.17) is 5.26 Å². The van der Waals surface area contributed by atoms with Gasteiger partial charge in [-0.1, -0.05) is 18.2 Å². The van der Waals surface area contributed by atoms with Crippen LogP contribution in [0.5, 0.6) is 0 Å². The first-order valence-electron chi connectivity index (χ1n) is 8.10. The largest absolute Gasteiger partial charge is 0.374 e. The van der Waals surface area contributed by atoms with E-state index in [1.807, 2.05) is 30.3 Å². The summed E-state index contributed by atoms with van der Waals surface area (Å²) in [6.45, 7) is 0.764. The normalized spacial score (nSPS) is 13.4. The summed E-state index contributed by atoms with van der Waals surface area (Å²) in [7, 11) is 0. The molecule has 1 aliphatic heterocycles. The van der Waals surface area contributed by atoms with E-state index < -0.39 is 0 Å². The molecule has 0 atom stereocenters. The number of nitrogens with one attached hydrogen (secondary N) is 2. The average molecular weight is 334 g/mol. The molecule has 6 heteroatoms. The van der Waals surface area contributed by atoms with Crippen molar-refractivity contribution in [2.45, 2.75) is 12.8 Å². The van der Waals surface area contributed by atoms with Crippen molar-refractivity contribution in [2.75, 3.05) is 28.6 Å². The van der Waals surface area contributed by atoms with Gasteiger partial charge in [-0.15, -0.1) is 0 Å². The summed E-state index contributed by atoms with van der Waals surface area (Å²) < 4.78 is 0. The van der Waals surface area contributed by atoms with Gasteiger partial charge in [-0.3, -0.25) is 9.59 Å². The second-order valence-electron chi connectivity index (χ2n) is 5.76. The van der Waals surface area contributed by atoms with Crippen LogP contribution in [0.3, 0.4) is 0 Å². The van der Waals surface area contributed by atoms with Crippen LogP contribution in [0.4, 0.5) is 17.1 Å². The summed E-state index contributed by atoms with van der Waals surface area (Å²) in [6.07, 6.45) is 1.41.